The maximum atomic E-state index is 11.8. The lowest BCUT2D eigenvalue weighted by molar-refractivity contribution is 0.100. The zero-order chi connectivity index (χ0) is 17.7. The van der Waals surface area contributed by atoms with Gasteiger partial charge in [0.15, 0.2) is 0 Å². The third kappa shape index (κ3) is 2.56. The van der Waals surface area contributed by atoms with Gasteiger partial charge in [-0.25, -0.2) is 4.98 Å². The van der Waals surface area contributed by atoms with E-state index in [1.54, 1.807) is 6.07 Å². The van der Waals surface area contributed by atoms with E-state index in [1.165, 1.54) is 0 Å². The topological polar surface area (TPSA) is 100 Å². The molecule has 0 bridgehead atoms. The number of carbonyl (C=O) groups is 1. The van der Waals surface area contributed by atoms with Crippen LogP contribution in [0.25, 0.3) is 22.0 Å². The Morgan fingerprint density at radius 2 is 2.00 bits per heavy atom. The zero-order valence-electron chi connectivity index (χ0n) is 13.4. The van der Waals surface area contributed by atoms with E-state index in [0.29, 0.717) is 34.9 Å². The number of fused-ring (bicyclic) bond motifs is 3. The molecule has 2 aromatic heterocycles. The number of amides is 1. The summed E-state index contributed by atoms with van der Waals surface area (Å²) in [5.74, 6) is 0.516. The van der Waals surface area contributed by atoms with Crippen LogP contribution in [0.4, 0.5) is 5.95 Å². The van der Waals surface area contributed by atoms with Crippen molar-refractivity contribution in [2.45, 2.75) is 13.5 Å². The normalized spacial score (nSPS) is 11.4. The number of halogens is 1. The highest BCUT2D eigenvalue weighted by atomic mass is 79.9. The van der Waals surface area contributed by atoms with Crippen LogP contribution in [0, 0.1) is 6.92 Å². The van der Waals surface area contributed by atoms with Crippen molar-refractivity contribution in [2.75, 3.05) is 5.73 Å². The van der Waals surface area contributed by atoms with Crippen LogP contribution < -0.4 is 11.5 Å². The van der Waals surface area contributed by atoms with Gasteiger partial charge in [0.05, 0.1) is 23.1 Å². The SMILES string of the molecule is Cc1cc2c(o1)c(C(N)=O)cc1nc(N)n(Cc3ccc(Br)cc3)c12. The fourth-order valence-corrected chi connectivity index (χ4v) is 3.35. The second-order valence-electron chi connectivity index (χ2n) is 5.94. The Morgan fingerprint density at radius 3 is 2.68 bits per heavy atom. The van der Waals surface area contributed by atoms with Crippen molar-refractivity contribution in [1.29, 1.82) is 0 Å². The summed E-state index contributed by atoms with van der Waals surface area (Å²) in [6, 6.07) is 11.5. The lowest BCUT2D eigenvalue weighted by Crippen LogP contribution is -2.11. The molecule has 1 amide bonds. The molecule has 2 aromatic carbocycles. The Bertz CT molecular complexity index is 1130. The van der Waals surface area contributed by atoms with Crippen molar-refractivity contribution in [2.24, 2.45) is 5.73 Å². The number of rotatable bonds is 3. The predicted octanol–water partition coefficient (Wildman–Crippen LogP) is 3.58. The first kappa shape index (κ1) is 15.7. The first-order chi connectivity index (χ1) is 11.9. The Labute approximate surface area is 151 Å². The summed E-state index contributed by atoms with van der Waals surface area (Å²) >= 11 is 3.43. The number of nitrogens with two attached hydrogens (primary N) is 2. The molecule has 2 heterocycles. The van der Waals surface area contributed by atoms with Gasteiger partial charge < -0.3 is 20.5 Å². The minimum atomic E-state index is -0.553. The van der Waals surface area contributed by atoms with Crippen LogP contribution in [0.3, 0.4) is 0 Å². The Morgan fingerprint density at radius 1 is 1.28 bits per heavy atom. The van der Waals surface area contributed by atoms with Crippen molar-refractivity contribution in [3.05, 3.63) is 57.8 Å². The van der Waals surface area contributed by atoms with Gasteiger partial charge in [0, 0.05) is 9.86 Å². The molecule has 0 saturated heterocycles. The van der Waals surface area contributed by atoms with Crippen LogP contribution >= 0.6 is 15.9 Å². The van der Waals surface area contributed by atoms with E-state index in [2.05, 4.69) is 20.9 Å². The number of benzene rings is 2. The molecule has 4 aromatic rings. The van der Waals surface area contributed by atoms with Crippen molar-refractivity contribution in [1.82, 2.24) is 9.55 Å². The number of furan rings is 1. The number of aryl methyl sites for hydroxylation is 1. The van der Waals surface area contributed by atoms with Crippen molar-refractivity contribution in [3.63, 3.8) is 0 Å². The van der Waals surface area contributed by atoms with Crippen molar-refractivity contribution in [3.8, 4) is 0 Å². The fourth-order valence-electron chi connectivity index (χ4n) is 3.08. The second kappa shape index (κ2) is 5.63. The summed E-state index contributed by atoms with van der Waals surface area (Å²) in [4.78, 5) is 16.2. The molecule has 0 aliphatic carbocycles. The molecule has 7 heteroatoms. The number of imidazole rings is 1. The maximum Gasteiger partial charge on any atom is 0.252 e. The van der Waals surface area contributed by atoms with Gasteiger partial charge in [0.2, 0.25) is 5.95 Å². The number of nitrogens with zero attached hydrogens (tertiary/aromatic N) is 2. The average molecular weight is 399 g/mol. The van der Waals surface area contributed by atoms with E-state index in [4.69, 9.17) is 15.9 Å². The van der Waals surface area contributed by atoms with Gasteiger partial charge in [-0.1, -0.05) is 28.1 Å². The molecule has 0 fully saturated rings. The third-order valence-corrected chi connectivity index (χ3v) is 4.71. The number of anilines is 1. The molecular formula is C18H15BrN4O2. The number of aromatic nitrogens is 2. The standard InChI is InChI=1S/C18H15BrN4O2/c1-9-6-12-15-14(7-13(17(20)24)16(12)25-9)22-18(21)23(15)8-10-2-4-11(19)5-3-10/h2-7H,8H2,1H3,(H2,20,24)(H2,21,22). The maximum absolute atomic E-state index is 11.8. The molecule has 4 rings (SSSR count). The van der Waals surface area contributed by atoms with Crippen LogP contribution in [0.2, 0.25) is 0 Å². The van der Waals surface area contributed by atoms with Gasteiger partial charge in [-0.15, -0.1) is 0 Å². The van der Waals surface area contributed by atoms with E-state index in [-0.39, 0.29) is 0 Å². The molecule has 0 atom stereocenters. The fraction of sp³-hybridized carbons (Fsp3) is 0.111. The van der Waals surface area contributed by atoms with Crippen LogP contribution in [0.15, 0.2) is 45.3 Å². The highest BCUT2D eigenvalue weighted by molar-refractivity contribution is 9.10. The second-order valence-corrected chi connectivity index (χ2v) is 6.85. The minimum Gasteiger partial charge on any atom is -0.460 e. The average Bonchev–Trinajstić information content (AvgIpc) is 3.08. The smallest absolute Gasteiger partial charge is 0.252 e. The molecule has 0 saturated carbocycles. The predicted molar refractivity (Wildman–Crippen MR) is 100 cm³/mol. The first-order valence-electron chi connectivity index (χ1n) is 7.67. The number of nitrogen functional groups attached to an aromatic ring is 1. The van der Waals surface area contributed by atoms with Gasteiger partial charge in [-0.3, -0.25) is 4.79 Å². The van der Waals surface area contributed by atoms with Gasteiger partial charge in [-0.05, 0) is 36.8 Å². The first-order valence-corrected chi connectivity index (χ1v) is 8.46. The van der Waals surface area contributed by atoms with E-state index in [1.807, 2.05) is 41.8 Å². The van der Waals surface area contributed by atoms with E-state index in [9.17, 15) is 4.79 Å². The summed E-state index contributed by atoms with van der Waals surface area (Å²) in [5, 5.41) is 0.783. The minimum absolute atomic E-state index is 0.309. The molecule has 0 aliphatic rings. The molecule has 0 aliphatic heterocycles. The van der Waals surface area contributed by atoms with Crippen LogP contribution in [0.5, 0.6) is 0 Å². The van der Waals surface area contributed by atoms with Gasteiger partial charge in [-0.2, -0.15) is 0 Å². The molecule has 0 spiro atoms. The highest BCUT2D eigenvalue weighted by Crippen LogP contribution is 2.33. The summed E-state index contributed by atoms with van der Waals surface area (Å²) < 4.78 is 8.64. The zero-order valence-corrected chi connectivity index (χ0v) is 15.0. The summed E-state index contributed by atoms with van der Waals surface area (Å²) in [6.07, 6.45) is 0. The van der Waals surface area contributed by atoms with Crippen molar-refractivity contribution >= 4 is 49.8 Å². The molecule has 0 radical (unpaired) electrons. The molecule has 0 unspecified atom stereocenters. The van der Waals surface area contributed by atoms with Gasteiger partial charge in [0.25, 0.3) is 5.91 Å². The quantitative estimate of drug-likeness (QED) is 0.550. The lowest BCUT2D eigenvalue weighted by Gasteiger charge is -2.08. The number of hydrogen-bond acceptors (Lipinski definition) is 4. The van der Waals surface area contributed by atoms with Gasteiger partial charge >= 0.3 is 0 Å². The molecule has 6 nitrogen and oxygen atoms in total. The molecular weight excluding hydrogens is 384 g/mol. The Hall–Kier alpha value is -2.80. The van der Waals surface area contributed by atoms with E-state index < -0.39 is 5.91 Å². The lowest BCUT2D eigenvalue weighted by atomic mass is 10.1. The molecule has 25 heavy (non-hydrogen) atoms. The van der Waals surface area contributed by atoms with E-state index in [0.717, 1.165) is 20.9 Å². The molecule has 126 valence electrons. The van der Waals surface area contributed by atoms with E-state index >= 15 is 0 Å². The highest BCUT2D eigenvalue weighted by Gasteiger charge is 2.20. The number of primary amides is 1. The number of hydrogen-bond donors (Lipinski definition) is 2. The third-order valence-electron chi connectivity index (χ3n) is 4.18. The van der Waals surface area contributed by atoms with Crippen molar-refractivity contribution < 1.29 is 9.21 Å². The number of carbonyl (C=O) groups excluding carboxylic acids is 1. The largest absolute Gasteiger partial charge is 0.460 e. The summed E-state index contributed by atoms with van der Waals surface area (Å²) in [5.41, 5.74) is 15.0. The van der Waals surface area contributed by atoms with Crippen LogP contribution in [0.1, 0.15) is 21.7 Å². The summed E-state index contributed by atoms with van der Waals surface area (Å²) in [6.45, 7) is 2.39. The Balaban J connectivity index is 1.99. The Kier molecular flexibility index (Phi) is 3.54. The van der Waals surface area contributed by atoms with Crippen LogP contribution in [-0.4, -0.2) is 15.5 Å². The van der Waals surface area contributed by atoms with Gasteiger partial charge in [0.1, 0.15) is 11.3 Å². The van der Waals surface area contributed by atoms with Crippen LogP contribution in [-0.2, 0) is 6.54 Å². The monoisotopic (exact) mass is 398 g/mol. The summed E-state index contributed by atoms with van der Waals surface area (Å²) in [7, 11) is 0. The molecule has 4 N–H and O–H groups in total.